The van der Waals surface area contributed by atoms with Gasteiger partial charge in [0.2, 0.25) is 0 Å². The molecule has 0 spiro atoms. The van der Waals surface area contributed by atoms with Gasteiger partial charge in [0.25, 0.3) is 0 Å². The van der Waals surface area contributed by atoms with Crippen LogP contribution in [0, 0.1) is 11.8 Å². The van der Waals surface area contributed by atoms with Gasteiger partial charge < -0.3 is 15.8 Å². The van der Waals surface area contributed by atoms with Crippen LogP contribution in [-0.2, 0) is 4.74 Å². The van der Waals surface area contributed by atoms with Crippen LogP contribution in [-0.4, -0.2) is 37.9 Å². The second-order valence-corrected chi connectivity index (χ2v) is 6.01. The van der Waals surface area contributed by atoms with Crippen molar-refractivity contribution in [2.45, 2.75) is 50.8 Å². The van der Waals surface area contributed by atoms with Crippen LogP contribution in [0.2, 0.25) is 0 Å². The lowest BCUT2D eigenvalue weighted by Crippen LogP contribution is -2.38. The second-order valence-electron chi connectivity index (χ2n) is 6.01. The van der Waals surface area contributed by atoms with Gasteiger partial charge in [-0.1, -0.05) is 6.42 Å². The highest BCUT2D eigenvalue weighted by Gasteiger charge is 2.41. The predicted molar refractivity (Wildman–Crippen MR) is 75.0 cm³/mol. The van der Waals surface area contributed by atoms with Gasteiger partial charge in [0.15, 0.2) is 5.96 Å². The van der Waals surface area contributed by atoms with Crippen LogP contribution >= 0.6 is 0 Å². The summed E-state index contributed by atoms with van der Waals surface area (Å²) in [7, 11) is 0. The van der Waals surface area contributed by atoms with E-state index in [4.69, 9.17) is 10.5 Å². The Morgan fingerprint density at radius 2 is 2.05 bits per heavy atom. The summed E-state index contributed by atoms with van der Waals surface area (Å²) >= 11 is 0. The molecule has 0 aromatic carbocycles. The van der Waals surface area contributed by atoms with Crippen molar-refractivity contribution in [1.82, 2.24) is 5.32 Å². The fourth-order valence-corrected chi connectivity index (χ4v) is 3.06. The topological polar surface area (TPSA) is 59.6 Å². The normalized spacial score (nSPS) is 31.4. The smallest absolute Gasteiger partial charge is 0.376 e. The monoisotopic (exact) mass is 307 g/mol. The highest BCUT2D eigenvalue weighted by atomic mass is 19.4. The Morgan fingerprint density at radius 1 is 1.24 bits per heavy atom. The Balaban J connectivity index is 1.71. The molecule has 2 aliphatic rings. The highest BCUT2D eigenvalue weighted by molar-refractivity contribution is 5.77. The summed E-state index contributed by atoms with van der Waals surface area (Å²) in [5.41, 5.74) is 5.75. The molecule has 7 heteroatoms. The minimum atomic E-state index is -4.08. The average Bonchev–Trinajstić information content (AvgIpc) is 2.95. The number of nitrogens with one attached hydrogen (secondary N) is 1. The zero-order chi connectivity index (χ0) is 15.3. The molecule has 4 nitrogen and oxygen atoms in total. The number of halogens is 3. The van der Waals surface area contributed by atoms with Gasteiger partial charge in [0.05, 0.1) is 12.0 Å². The molecule has 1 aliphatic heterocycles. The largest absolute Gasteiger partial charge is 0.391 e. The lowest BCUT2D eigenvalue weighted by molar-refractivity contribution is -0.185. The summed E-state index contributed by atoms with van der Waals surface area (Å²) in [6.45, 7) is 1.77. The van der Waals surface area contributed by atoms with Crippen LogP contribution in [0.3, 0.4) is 0 Å². The molecule has 21 heavy (non-hydrogen) atoms. The highest BCUT2D eigenvalue weighted by Crippen LogP contribution is 2.39. The third-order valence-electron chi connectivity index (χ3n) is 4.30. The van der Waals surface area contributed by atoms with E-state index in [0.717, 1.165) is 25.9 Å². The molecule has 2 fully saturated rings. The van der Waals surface area contributed by atoms with Crippen molar-refractivity contribution >= 4 is 5.96 Å². The van der Waals surface area contributed by atoms with Crippen LogP contribution in [0.15, 0.2) is 4.99 Å². The van der Waals surface area contributed by atoms with E-state index in [9.17, 15) is 13.2 Å². The molecule has 1 aliphatic carbocycles. The minimum absolute atomic E-state index is 0.0199. The summed E-state index contributed by atoms with van der Waals surface area (Å²) < 4.78 is 43.6. The van der Waals surface area contributed by atoms with E-state index in [1.54, 1.807) is 0 Å². The molecule has 122 valence electrons. The third kappa shape index (κ3) is 5.37. The molecular weight excluding hydrogens is 283 g/mol. The fourth-order valence-electron chi connectivity index (χ4n) is 3.06. The first-order valence-electron chi connectivity index (χ1n) is 7.67. The molecule has 0 bridgehead atoms. The van der Waals surface area contributed by atoms with Gasteiger partial charge in [0.1, 0.15) is 0 Å². The maximum absolute atomic E-state index is 12.7. The van der Waals surface area contributed by atoms with Crippen LogP contribution in [0.5, 0.6) is 0 Å². The van der Waals surface area contributed by atoms with Gasteiger partial charge in [-0.25, -0.2) is 0 Å². The number of aliphatic imine (C=N–C) groups is 1. The Morgan fingerprint density at radius 3 is 2.71 bits per heavy atom. The van der Waals surface area contributed by atoms with Crippen molar-refractivity contribution in [2.75, 3.05) is 19.7 Å². The first kappa shape index (κ1) is 16.4. The molecule has 1 saturated heterocycles. The average molecular weight is 307 g/mol. The van der Waals surface area contributed by atoms with Crippen LogP contribution in [0.25, 0.3) is 0 Å². The van der Waals surface area contributed by atoms with E-state index in [1.165, 1.54) is 0 Å². The molecule has 0 radical (unpaired) electrons. The Kier molecular flexibility index (Phi) is 5.72. The molecule has 0 amide bonds. The molecule has 3 atom stereocenters. The minimum Gasteiger partial charge on any atom is -0.376 e. The standard InChI is InChI=1S/C14H24F3N3O/c15-14(16,17)11-4-1-3-10(7-11)8-19-13(18)20-9-12-5-2-6-21-12/h10-12H,1-9H2,(H3,18,19,20). The number of guanidine groups is 1. The quantitative estimate of drug-likeness (QED) is 0.619. The van der Waals surface area contributed by atoms with Crippen molar-refractivity contribution in [2.24, 2.45) is 22.6 Å². The van der Waals surface area contributed by atoms with Crippen LogP contribution < -0.4 is 11.1 Å². The lowest BCUT2D eigenvalue weighted by atomic mass is 9.81. The van der Waals surface area contributed by atoms with Crippen LogP contribution in [0.1, 0.15) is 38.5 Å². The number of ether oxygens (including phenoxy) is 1. The molecule has 3 unspecified atom stereocenters. The predicted octanol–water partition coefficient (Wildman–Crippen LogP) is 2.44. The maximum Gasteiger partial charge on any atom is 0.391 e. The van der Waals surface area contributed by atoms with Gasteiger partial charge in [0, 0.05) is 19.7 Å². The zero-order valence-corrected chi connectivity index (χ0v) is 12.2. The molecule has 2 rings (SSSR count). The molecule has 1 heterocycles. The van der Waals surface area contributed by atoms with Crippen molar-refractivity contribution in [3.63, 3.8) is 0 Å². The van der Waals surface area contributed by atoms with Crippen molar-refractivity contribution in [1.29, 1.82) is 0 Å². The van der Waals surface area contributed by atoms with Gasteiger partial charge in [-0.3, -0.25) is 4.99 Å². The lowest BCUT2D eigenvalue weighted by Gasteiger charge is -2.29. The van der Waals surface area contributed by atoms with Gasteiger partial charge in [-0.15, -0.1) is 0 Å². The molecule has 3 N–H and O–H groups in total. The number of hydrogen-bond acceptors (Lipinski definition) is 2. The van der Waals surface area contributed by atoms with Gasteiger partial charge in [-0.05, 0) is 38.0 Å². The van der Waals surface area contributed by atoms with Crippen LogP contribution in [0.4, 0.5) is 13.2 Å². The van der Waals surface area contributed by atoms with Crippen molar-refractivity contribution in [3.05, 3.63) is 0 Å². The maximum atomic E-state index is 12.7. The molecule has 0 aromatic heterocycles. The molecule has 1 saturated carbocycles. The van der Waals surface area contributed by atoms with E-state index in [2.05, 4.69) is 10.3 Å². The van der Waals surface area contributed by atoms with E-state index in [-0.39, 0.29) is 24.9 Å². The summed E-state index contributed by atoms with van der Waals surface area (Å²) in [6.07, 6.45) is 0.000480. The number of hydrogen-bond donors (Lipinski definition) is 2. The van der Waals surface area contributed by atoms with Gasteiger partial charge in [-0.2, -0.15) is 13.2 Å². The first-order valence-corrected chi connectivity index (χ1v) is 7.67. The van der Waals surface area contributed by atoms with E-state index >= 15 is 0 Å². The summed E-state index contributed by atoms with van der Waals surface area (Å²) in [5.74, 6) is -0.888. The SMILES string of the molecule is NC(=NCC1CCCC(C(F)(F)F)C1)NCC1CCCO1. The number of nitrogens with zero attached hydrogens (tertiary/aromatic N) is 1. The first-order chi connectivity index (χ1) is 9.95. The van der Waals surface area contributed by atoms with Crippen molar-refractivity contribution in [3.8, 4) is 0 Å². The van der Waals surface area contributed by atoms with Crippen molar-refractivity contribution < 1.29 is 17.9 Å². The van der Waals surface area contributed by atoms with E-state index in [1.807, 2.05) is 0 Å². The number of nitrogens with two attached hydrogens (primary N) is 1. The third-order valence-corrected chi connectivity index (χ3v) is 4.30. The second kappa shape index (κ2) is 7.33. The summed E-state index contributed by atoms with van der Waals surface area (Å²) in [5, 5.41) is 2.99. The van der Waals surface area contributed by atoms with Gasteiger partial charge >= 0.3 is 6.18 Å². The molecular formula is C14H24F3N3O. The Bertz CT molecular complexity index is 354. The molecule has 0 aromatic rings. The number of alkyl halides is 3. The summed E-state index contributed by atoms with van der Waals surface area (Å²) in [6, 6.07) is 0. The summed E-state index contributed by atoms with van der Waals surface area (Å²) in [4.78, 5) is 4.19. The Labute approximate surface area is 123 Å². The zero-order valence-electron chi connectivity index (χ0n) is 12.2. The Hall–Kier alpha value is -0.980. The fraction of sp³-hybridized carbons (Fsp3) is 0.929. The number of rotatable bonds is 4. The van der Waals surface area contributed by atoms with E-state index in [0.29, 0.717) is 25.5 Å². The van der Waals surface area contributed by atoms with E-state index < -0.39 is 12.1 Å².